The lowest BCUT2D eigenvalue weighted by Crippen LogP contribution is -2.34. The molecule has 0 saturated heterocycles. The third-order valence-corrected chi connectivity index (χ3v) is 3.41. The molecule has 3 atom stereocenters. The summed E-state index contributed by atoms with van der Waals surface area (Å²) in [6, 6.07) is 0.161. The topological polar surface area (TPSA) is 52.3 Å². The van der Waals surface area contributed by atoms with Gasteiger partial charge in [-0.15, -0.1) is 0 Å². The van der Waals surface area contributed by atoms with E-state index in [1.54, 1.807) is 0 Å². The van der Waals surface area contributed by atoms with E-state index in [1.165, 1.54) is 0 Å². The molecule has 1 unspecified atom stereocenters. The first-order valence-electron chi connectivity index (χ1n) is 5.47. The van der Waals surface area contributed by atoms with Crippen molar-refractivity contribution in [2.75, 3.05) is 6.61 Å². The van der Waals surface area contributed by atoms with Crippen LogP contribution in [0, 0.1) is 11.3 Å². The Morgan fingerprint density at radius 2 is 2.21 bits per heavy atom. The van der Waals surface area contributed by atoms with Crippen LogP contribution < -0.4 is 5.73 Å². The van der Waals surface area contributed by atoms with Crippen molar-refractivity contribution >= 4 is 5.97 Å². The molecule has 0 aromatic rings. The average molecular weight is 199 g/mol. The average Bonchev–Trinajstić information content (AvgIpc) is 2.43. The van der Waals surface area contributed by atoms with Crippen LogP contribution in [0.3, 0.4) is 0 Å². The third-order valence-electron chi connectivity index (χ3n) is 3.41. The molecule has 0 aromatic heterocycles. The summed E-state index contributed by atoms with van der Waals surface area (Å²) in [6.45, 7) is 6.41. The summed E-state index contributed by atoms with van der Waals surface area (Å²) in [6.07, 6.45) is 2.72. The monoisotopic (exact) mass is 199 g/mol. The molecule has 1 rings (SSSR count). The Kier molecular flexibility index (Phi) is 3.53. The predicted octanol–water partition coefficient (Wildman–Crippen LogP) is 1.70. The van der Waals surface area contributed by atoms with Gasteiger partial charge in [0, 0.05) is 6.04 Å². The van der Waals surface area contributed by atoms with E-state index < -0.39 is 0 Å². The Morgan fingerprint density at radius 3 is 2.71 bits per heavy atom. The van der Waals surface area contributed by atoms with Crippen LogP contribution >= 0.6 is 0 Å². The van der Waals surface area contributed by atoms with Gasteiger partial charge in [-0.2, -0.15) is 0 Å². The van der Waals surface area contributed by atoms with Gasteiger partial charge in [-0.3, -0.25) is 4.79 Å². The van der Waals surface area contributed by atoms with E-state index in [0.29, 0.717) is 12.5 Å². The van der Waals surface area contributed by atoms with Gasteiger partial charge in [0.25, 0.3) is 0 Å². The Labute approximate surface area is 86.0 Å². The van der Waals surface area contributed by atoms with Gasteiger partial charge in [-0.1, -0.05) is 13.3 Å². The lowest BCUT2D eigenvalue weighted by atomic mass is 9.78. The molecule has 0 spiro atoms. The number of ether oxygens (including phenoxy) is 1. The zero-order valence-corrected chi connectivity index (χ0v) is 9.38. The number of esters is 1. The fraction of sp³-hybridized carbons (Fsp3) is 0.909. The molecule has 1 saturated carbocycles. The summed E-state index contributed by atoms with van der Waals surface area (Å²) in [5, 5.41) is 0. The molecule has 1 aliphatic rings. The largest absolute Gasteiger partial charge is 0.466 e. The molecule has 3 nitrogen and oxygen atoms in total. The zero-order chi connectivity index (χ0) is 10.8. The molecule has 0 amide bonds. The highest BCUT2D eigenvalue weighted by Crippen LogP contribution is 2.45. The van der Waals surface area contributed by atoms with Gasteiger partial charge in [-0.25, -0.2) is 0 Å². The fourth-order valence-corrected chi connectivity index (χ4v) is 2.58. The van der Waals surface area contributed by atoms with Crippen molar-refractivity contribution in [1.29, 1.82) is 0 Å². The molecule has 82 valence electrons. The van der Waals surface area contributed by atoms with Crippen LogP contribution in [0.15, 0.2) is 0 Å². The van der Waals surface area contributed by atoms with Crippen molar-refractivity contribution in [1.82, 2.24) is 0 Å². The highest BCUT2D eigenvalue weighted by atomic mass is 16.5. The van der Waals surface area contributed by atoms with Gasteiger partial charge in [0.2, 0.25) is 0 Å². The lowest BCUT2D eigenvalue weighted by Gasteiger charge is -2.28. The minimum Gasteiger partial charge on any atom is -0.466 e. The van der Waals surface area contributed by atoms with Crippen LogP contribution in [-0.4, -0.2) is 18.6 Å². The maximum Gasteiger partial charge on any atom is 0.312 e. The van der Waals surface area contributed by atoms with Crippen LogP contribution in [0.5, 0.6) is 0 Å². The van der Waals surface area contributed by atoms with Crippen molar-refractivity contribution in [2.45, 2.75) is 46.1 Å². The molecule has 0 aromatic carbocycles. The van der Waals surface area contributed by atoms with E-state index >= 15 is 0 Å². The summed E-state index contributed by atoms with van der Waals surface area (Å²) in [5.74, 6) is 0.316. The molecule has 3 heteroatoms. The highest BCUT2D eigenvalue weighted by molar-refractivity contribution is 5.77. The van der Waals surface area contributed by atoms with Crippen LogP contribution in [0.2, 0.25) is 0 Å². The smallest absolute Gasteiger partial charge is 0.312 e. The van der Waals surface area contributed by atoms with Crippen LogP contribution in [-0.2, 0) is 9.53 Å². The van der Waals surface area contributed by atoms with Crippen molar-refractivity contribution in [3.8, 4) is 0 Å². The zero-order valence-electron chi connectivity index (χ0n) is 9.38. The van der Waals surface area contributed by atoms with E-state index in [4.69, 9.17) is 10.5 Å². The molecule has 0 aliphatic heterocycles. The second kappa shape index (κ2) is 4.30. The molecule has 14 heavy (non-hydrogen) atoms. The summed E-state index contributed by atoms with van der Waals surface area (Å²) >= 11 is 0. The second-order valence-electron chi connectivity index (χ2n) is 4.44. The van der Waals surface area contributed by atoms with Gasteiger partial charge in [0.15, 0.2) is 0 Å². The van der Waals surface area contributed by atoms with Crippen LogP contribution in [0.25, 0.3) is 0 Å². The van der Waals surface area contributed by atoms with Gasteiger partial charge in [0.1, 0.15) is 0 Å². The first-order valence-corrected chi connectivity index (χ1v) is 5.47. The first kappa shape index (κ1) is 11.5. The quantitative estimate of drug-likeness (QED) is 0.704. The number of rotatable bonds is 3. The molecule has 0 bridgehead atoms. The summed E-state index contributed by atoms with van der Waals surface area (Å²) in [7, 11) is 0. The van der Waals surface area contributed by atoms with Gasteiger partial charge in [0.05, 0.1) is 12.0 Å². The van der Waals surface area contributed by atoms with E-state index in [2.05, 4.69) is 6.92 Å². The number of hydrogen-bond acceptors (Lipinski definition) is 3. The Morgan fingerprint density at radius 1 is 1.57 bits per heavy atom. The van der Waals surface area contributed by atoms with Crippen LogP contribution in [0.4, 0.5) is 0 Å². The first-order chi connectivity index (χ1) is 6.54. The van der Waals surface area contributed by atoms with Crippen molar-refractivity contribution in [3.63, 3.8) is 0 Å². The number of carbonyl (C=O) groups is 1. The fourth-order valence-electron chi connectivity index (χ4n) is 2.58. The Hall–Kier alpha value is -0.570. The molecular weight excluding hydrogens is 178 g/mol. The van der Waals surface area contributed by atoms with E-state index in [9.17, 15) is 4.79 Å². The summed E-state index contributed by atoms with van der Waals surface area (Å²) < 4.78 is 5.11. The summed E-state index contributed by atoms with van der Waals surface area (Å²) in [4.78, 5) is 11.8. The van der Waals surface area contributed by atoms with E-state index in [-0.39, 0.29) is 17.4 Å². The van der Waals surface area contributed by atoms with Crippen molar-refractivity contribution < 1.29 is 9.53 Å². The summed E-state index contributed by atoms with van der Waals surface area (Å²) in [5.41, 5.74) is 5.56. The number of nitrogens with two attached hydrogens (primary N) is 1. The van der Waals surface area contributed by atoms with Gasteiger partial charge < -0.3 is 10.5 Å². The molecule has 1 aliphatic carbocycles. The minimum absolute atomic E-state index is 0.0696. The van der Waals surface area contributed by atoms with Crippen molar-refractivity contribution in [3.05, 3.63) is 0 Å². The maximum absolute atomic E-state index is 11.8. The van der Waals surface area contributed by atoms with Gasteiger partial charge in [-0.05, 0) is 32.6 Å². The molecule has 1 fully saturated rings. The van der Waals surface area contributed by atoms with E-state index in [1.807, 2.05) is 13.8 Å². The standard InChI is InChI=1S/C11H21NO2/c1-4-8-6-9(12)7-11(8,3)10(13)14-5-2/h8-9H,4-7,12H2,1-3H3/t8-,9+,11?/m1/s1. The predicted molar refractivity (Wildman–Crippen MR) is 55.7 cm³/mol. The van der Waals surface area contributed by atoms with Crippen LogP contribution in [0.1, 0.15) is 40.0 Å². The molecule has 2 N–H and O–H groups in total. The van der Waals surface area contributed by atoms with Crippen molar-refractivity contribution in [2.24, 2.45) is 17.1 Å². The second-order valence-corrected chi connectivity index (χ2v) is 4.44. The lowest BCUT2D eigenvalue weighted by molar-refractivity contribution is -0.156. The maximum atomic E-state index is 11.8. The van der Waals surface area contributed by atoms with Gasteiger partial charge >= 0.3 is 5.97 Å². The molecule has 0 heterocycles. The van der Waals surface area contributed by atoms with E-state index in [0.717, 1.165) is 19.3 Å². The third kappa shape index (κ3) is 1.92. The Balaban J connectivity index is 2.75. The SMILES string of the molecule is CCOC(=O)C1(C)C[C@@H](N)C[C@H]1CC. The number of hydrogen-bond donors (Lipinski definition) is 1. The molecular formula is C11H21NO2. The molecule has 0 radical (unpaired) electrons. The Bertz CT molecular complexity index is 217. The normalized spacial score (nSPS) is 37.1. The highest BCUT2D eigenvalue weighted by Gasteiger charge is 2.48. The number of carbonyl (C=O) groups excluding carboxylic acids is 1. The minimum atomic E-state index is -0.343.